The van der Waals surface area contributed by atoms with E-state index >= 15 is 0 Å². The van der Waals surface area contributed by atoms with E-state index in [9.17, 15) is 14.7 Å². The summed E-state index contributed by atoms with van der Waals surface area (Å²) in [7, 11) is 0. The molecule has 1 aliphatic rings. The molecule has 0 aromatic carbocycles. The maximum atomic E-state index is 11.9. The summed E-state index contributed by atoms with van der Waals surface area (Å²) in [6.07, 6.45) is -0.700. The van der Waals surface area contributed by atoms with Crippen molar-refractivity contribution in [2.24, 2.45) is 0 Å². The van der Waals surface area contributed by atoms with Gasteiger partial charge in [-0.15, -0.1) is 11.3 Å². The highest BCUT2D eigenvalue weighted by Gasteiger charge is 2.39. The summed E-state index contributed by atoms with van der Waals surface area (Å²) in [6.45, 7) is 0.0489. The Morgan fingerprint density at radius 2 is 2.31 bits per heavy atom. The Labute approximate surface area is 95.1 Å². The third-order valence-electron chi connectivity index (χ3n) is 2.48. The van der Waals surface area contributed by atoms with Gasteiger partial charge in [-0.25, -0.2) is 9.78 Å². The molecule has 1 aromatic heterocycles. The average Bonchev–Trinajstić information content (AvgIpc) is 2.84. The number of hydrogen-bond donors (Lipinski definition) is 2. The molecule has 0 aliphatic carbocycles. The number of aromatic nitrogens is 1. The molecule has 7 heteroatoms. The van der Waals surface area contributed by atoms with E-state index in [1.165, 1.54) is 16.8 Å². The fourth-order valence-corrected chi connectivity index (χ4v) is 2.26. The lowest BCUT2D eigenvalue weighted by atomic mass is 10.2. The van der Waals surface area contributed by atoms with Crippen molar-refractivity contribution in [1.29, 1.82) is 0 Å². The van der Waals surface area contributed by atoms with Crippen molar-refractivity contribution in [1.82, 2.24) is 9.88 Å². The molecular weight excluding hydrogens is 232 g/mol. The summed E-state index contributed by atoms with van der Waals surface area (Å²) in [4.78, 5) is 27.8. The molecule has 0 bridgehead atoms. The first-order chi connectivity index (χ1) is 7.59. The van der Waals surface area contributed by atoms with Crippen LogP contribution in [0.1, 0.15) is 16.9 Å². The highest BCUT2D eigenvalue weighted by molar-refractivity contribution is 7.07. The summed E-state index contributed by atoms with van der Waals surface area (Å²) in [5, 5.41) is 19.9. The third kappa shape index (κ3) is 1.91. The zero-order chi connectivity index (χ0) is 11.7. The second kappa shape index (κ2) is 4.18. The summed E-state index contributed by atoms with van der Waals surface area (Å²) in [5.74, 6) is -1.54. The number of rotatable bonds is 2. The lowest BCUT2D eigenvalue weighted by Crippen LogP contribution is -2.40. The van der Waals surface area contributed by atoms with E-state index in [0.717, 1.165) is 4.90 Å². The number of likely N-dealkylation sites (tertiary alicyclic amines) is 1. The molecule has 2 unspecified atom stereocenters. The Bertz CT molecular complexity index is 406. The molecule has 2 atom stereocenters. The third-order valence-corrected chi connectivity index (χ3v) is 3.06. The van der Waals surface area contributed by atoms with Gasteiger partial charge in [0.1, 0.15) is 11.7 Å². The maximum absolute atomic E-state index is 11.9. The van der Waals surface area contributed by atoms with E-state index in [4.69, 9.17) is 5.11 Å². The van der Waals surface area contributed by atoms with E-state index in [1.807, 2.05) is 0 Å². The summed E-state index contributed by atoms with van der Waals surface area (Å²) in [6, 6.07) is -0.954. The highest BCUT2D eigenvalue weighted by Crippen LogP contribution is 2.20. The predicted molar refractivity (Wildman–Crippen MR) is 55.2 cm³/mol. The normalized spacial score (nSPS) is 24.7. The zero-order valence-corrected chi connectivity index (χ0v) is 9.05. The number of aliphatic carboxylic acids is 1. The van der Waals surface area contributed by atoms with Crippen LogP contribution in [0.25, 0.3) is 0 Å². The van der Waals surface area contributed by atoms with Crippen molar-refractivity contribution in [2.75, 3.05) is 6.54 Å². The number of β-amino-alcohol motifs (C(OH)–C–C–N with tert-alkyl or cyclic N) is 1. The molecule has 1 aliphatic heterocycles. The van der Waals surface area contributed by atoms with E-state index in [1.54, 1.807) is 5.38 Å². The fraction of sp³-hybridized carbons (Fsp3) is 0.444. The quantitative estimate of drug-likeness (QED) is 0.749. The molecule has 86 valence electrons. The first kappa shape index (κ1) is 11.0. The van der Waals surface area contributed by atoms with Crippen molar-refractivity contribution in [3.63, 3.8) is 0 Å². The average molecular weight is 242 g/mol. The SMILES string of the molecule is O=C(O)C1CC(O)CN1C(=O)c1cscn1. The molecule has 1 aromatic rings. The van der Waals surface area contributed by atoms with E-state index in [0.29, 0.717) is 0 Å². The van der Waals surface area contributed by atoms with Crippen molar-refractivity contribution >= 4 is 23.2 Å². The lowest BCUT2D eigenvalue weighted by Gasteiger charge is -2.19. The molecule has 2 heterocycles. The fourth-order valence-electron chi connectivity index (χ4n) is 1.74. The second-order valence-corrected chi connectivity index (χ2v) is 4.29. The number of carbonyl (C=O) groups is 2. The van der Waals surface area contributed by atoms with Crippen molar-refractivity contribution in [3.05, 3.63) is 16.6 Å². The smallest absolute Gasteiger partial charge is 0.326 e. The summed E-state index contributed by atoms with van der Waals surface area (Å²) < 4.78 is 0. The van der Waals surface area contributed by atoms with Gasteiger partial charge in [-0.2, -0.15) is 0 Å². The van der Waals surface area contributed by atoms with Gasteiger partial charge in [0.25, 0.3) is 5.91 Å². The first-order valence-corrected chi connectivity index (χ1v) is 5.64. The Balaban J connectivity index is 2.20. The minimum Gasteiger partial charge on any atom is -0.480 e. The number of aliphatic hydroxyl groups excluding tert-OH is 1. The van der Waals surface area contributed by atoms with Gasteiger partial charge in [-0.3, -0.25) is 4.79 Å². The zero-order valence-electron chi connectivity index (χ0n) is 8.24. The number of hydrogen-bond acceptors (Lipinski definition) is 5. The van der Waals surface area contributed by atoms with Crippen LogP contribution < -0.4 is 0 Å². The van der Waals surface area contributed by atoms with Crippen molar-refractivity contribution < 1.29 is 19.8 Å². The van der Waals surface area contributed by atoms with Gasteiger partial charge in [0.15, 0.2) is 0 Å². The van der Waals surface area contributed by atoms with Crippen LogP contribution >= 0.6 is 11.3 Å². The number of thiazole rings is 1. The van der Waals surface area contributed by atoms with Gasteiger partial charge in [-0.1, -0.05) is 0 Å². The largest absolute Gasteiger partial charge is 0.480 e. The minimum atomic E-state index is -1.10. The van der Waals surface area contributed by atoms with E-state index in [2.05, 4.69) is 4.98 Å². The molecule has 1 fully saturated rings. The van der Waals surface area contributed by atoms with Crippen LogP contribution in [-0.4, -0.2) is 50.7 Å². The molecule has 1 saturated heterocycles. The maximum Gasteiger partial charge on any atom is 0.326 e. The van der Waals surface area contributed by atoms with Crippen LogP contribution in [0, 0.1) is 0 Å². The number of nitrogens with zero attached hydrogens (tertiary/aromatic N) is 2. The van der Waals surface area contributed by atoms with Crippen LogP contribution in [0.3, 0.4) is 0 Å². The van der Waals surface area contributed by atoms with Crippen molar-refractivity contribution in [2.45, 2.75) is 18.6 Å². The molecule has 0 saturated carbocycles. The van der Waals surface area contributed by atoms with Crippen LogP contribution in [-0.2, 0) is 4.79 Å². The second-order valence-electron chi connectivity index (χ2n) is 3.57. The Morgan fingerprint density at radius 1 is 1.56 bits per heavy atom. The summed E-state index contributed by atoms with van der Waals surface area (Å²) >= 11 is 1.27. The van der Waals surface area contributed by atoms with Crippen LogP contribution in [0.4, 0.5) is 0 Å². The predicted octanol–water partition coefficient (Wildman–Crippen LogP) is -0.197. The molecule has 16 heavy (non-hydrogen) atoms. The van der Waals surface area contributed by atoms with E-state index < -0.39 is 24.0 Å². The topological polar surface area (TPSA) is 90.7 Å². The number of carboxylic acids is 1. The monoisotopic (exact) mass is 242 g/mol. The molecule has 0 radical (unpaired) electrons. The molecular formula is C9H10N2O4S. The van der Waals surface area contributed by atoms with Gasteiger partial charge in [0.05, 0.1) is 11.6 Å². The Morgan fingerprint density at radius 3 is 2.88 bits per heavy atom. The van der Waals surface area contributed by atoms with Gasteiger partial charge in [0.2, 0.25) is 0 Å². The summed E-state index contributed by atoms with van der Waals surface area (Å²) in [5.41, 5.74) is 1.74. The van der Waals surface area contributed by atoms with Gasteiger partial charge in [0, 0.05) is 18.3 Å². The van der Waals surface area contributed by atoms with E-state index in [-0.39, 0.29) is 18.7 Å². The molecule has 6 nitrogen and oxygen atoms in total. The number of carboxylic acid groups (broad SMARTS) is 1. The van der Waals surface area contributed by atoms with Crippen molar-refractivity contribution in [3.8, 4) is 0 Å². The number of amides is 1. The molecule has 2 rings (SSSR count). The first-order valence-electron chi connectivity index (χ1n) is 4.69. The lowest BCUT2D eigenvalue weighted by molar-refractivity contribution is -0.141. The minimum absolute atomic E-state index is 0.0489. The van der Waals surface area contributed by atoms with Gasteiger partial charge >= 0.3 is 5.97 Å². The van der Waals surface area contributed by atoms with Gasteiger partial charge in [-0.05, 0) is 0 Å². The number of aliphatic hydroxyl groups is 1. The highest BCUT2D eigenvalue weighted by atomic mass is 32.1. The number of carbonyl (C=O) groups excluding carboxylic acids is 1. The molecule has 2 N–H and O–H groups in total. The standard InChI is InChI=1S/C9H10N2O4S/c12-5-1-7(9(14)15)11(2-5)8(13)6-3-16-4-10-6/h3-5,7,12H,1-2H2,(H,14,15). The Hall–Kier alpha value is -1.47. The molecule has 0 spiro atoms. The van der Waals surface area contributed by atoms with Crippen LogP contribution in [0.5, 0.6) is 0 Å². The van der Waals surface area contributed by atoms with Gasteiger partial charge < -0.3 is 15.1 Å². The van der Waals surface area contributed by atoms with Crippen LogP contribution in [0.2, 0.25) is 0 Å². The van der Waals surface area contributed by atoms with Crippen LogP contribution in [0.15, 0.2) is 10.9 Å². The molecule has 1 amide bonds. The Kier molecular flexibility index (Phi) is 2.88.